The molecule has 1 fully saturated rings. The molecule has 214 valence electrons. The van der Waals surface area contributed by atoms with Crippen LogP contribution in [-0.2, 0) is 37.4 Å². The highest BCUT2D eigenvalue weighted by molar-refractivity contribution is 7.57. The minimum absolute atomic E-state index is 0.663. The molecule has 0 aliphatic carbocycles. The smallest absolute Gasteiger partial charge is 0.359 e. The van der Waals surface area contributed by atoms with E-state index in [0.717, 1.165) is 35.6 Å². The van der Waals surface area contributed by atoms with Crippen molar-refractivity contribution in [2.45, 2.75) is 72.6 Å². The van der Waals surface area contributed by atoms with E-state index in [-0.39, 0.29) is 0 Å². The molecule has 0 bridgehead atoms. The number of carbonyl (C=O) groups excluding carboxylic acids is 2. The zero-order valence-electron chi connectivity index (χ0n) is 22.3. The summed E-state index contributed by atoms with van der Waals surface area (Å²) in [6, 6.07) is 0.976. The standard InChI is InChI=1S/C23H34FN2O11P/c1-21(2,3)18(29)33-12-35-38(32,36-13-34-19(30)22(4,5)6)11-9-14-16(28)23(7,24)17(37-14)26-10-8-15(27)25-20(26)31/h8-11,14,16-17,28H,12-13H2,1-7H3,(H,25,27,31)/b11-9+/t14-,16+,17-,23?/m1/s1. The molecule has 0 radical (unpaired) electrons. The summed E-state index contributed by atoms with van der Waals surface area (Å²) in [6.07, 6.45) is -2.97. The van der Waals surface area contributed by atoms with Crippen LogP contribution in [0.5, 0.6) is 0 Å². The number of esters is 2. The Labute approximate surface area is 218 Å². The van der Waals surface area contributed by atoms with Crippen LogP contribution in [0.1, 0.15) is 54.7 Å². The fraction of sp³-hybridized carbons (Fsp3) is 0.652. The summed E-state index contributed by atoms with van der Waals surface area (Å²) in [5, 5.41) is 10.5. The van der Waals surface area contributed by atoms with Gasteiger partial charge in [0, 0.05) is 18.1 Å². The van der Waals surface area contributed by atoms with E-state index in [9.17, 15) is 28.8 Å². The van der Waals surface area contributed by atoms with Crippen LogP contribution in [-0.4, -0.2) is 58.1 Å². The van der Waals surface area contributed by atoms with Gasteiger partial charge in [0.25, 0.3) is 5.56 Å². The van der Waals surface area contributed by atoms with Crippen LogP contribution in [0.2, 0.25) is 0 Å². The zero-order valence-corrected chi connectivity index (χ0v) is 23.2. The van der Waals surface area contributed by atoms with Crippen LogP contribution in [0.15, 0.2) is 33.7 Å². The predicted octanol–water partition coefficient (Wildman–Crippen LogP) is 2.36. The summed E-state index contributed by atoms with van der Waals surface area (Å²) in [4.78, 5) is 49.4. The number of H-pyrrole nitrogens is 1. The molecule has 2 heterocycles. The number of hydrogen-bond acceptors (Lipinski definition) is 11. The first kappa shape index (κ1) is 31.6. The summed E-state index contributed by atoms with van der Waals surface area (Å²) >= 11 is 0. The Bertz CT molecular complexity index is 1170. The van der Waals surface area contributed by atoms with Crippen molar-refractivity contribution in [3.05, 3.63) is 45.0 Å². The van der Waals surface area contributed by atoms with Crippen molar-refractivity contribution in [1.29, 1.82) is 0 Å². The van der Waals surface area contributed by atoms with Gasteiger partial charge < -0.3 is 19.3 Å². The van der Waals surface area contributed by atoms with Gasteiger partial charge in [-0.3, -0.25) is 37.5 Å². The Morgan fingerprint density at radius 2 is 1.63 bits per heavy atom. The molecule has 0 amide bonds. The van der Waals surface area contributed by atoms with Crippen LogP contribution >= 0.6 is 7.60 Å². The number of carbonyl (C=O) groups is 2. The Kier molecular flexibility index (Phi) is 9.66. The summed E-state index contributed by atoms with van der Waals surface area (Å²) in [7, 11) is -4.33. The number of nitrogens with one attached hydrogen (secondary N) is 1. The number of nitrogens with zero attached hydrogens (tertiary/aromatic N) is 1. The molecule has 1 aliphatic heterocycles. The van der Waals surface area contributed by atoms with Crippen molar-refractivity contribution in [3.63, 3.8) is 0 Å². The lowest BCUT2D eigenvalue weighted by Crippen LogP contribution is -2.43. The molecule has 13 nitrogen and oxygen atoms in total. The highest BCUT2D eigenvalue weighted by Gasteiger charge is 2.54. The summed E-state index contributed by atoms with van der Waals surface area (Å²) in [5.41, 5.74) is -5.96. The van der Waals surface area contributed by atoms with Crippen LogP contribution < -0.4 is 11.2 Å². The third-order valence-electron chi connectivity index (χ3n) is 5.29. The van der Waals surface area contributed by atoms with E-state index in [1.54, 1.807) is 41.5 Å². The van der Waals surface area contributed by atoms with Gasteiger partial charge in [0.05, 0.1) is 10.8 Å². The molecule has 1 aromatic heterocycles. The summed E-state index contributed by atoms with van der Waals surface area (Å²) < 4.78 is 55.1. The number of ether oxygens (including phenoxy) is 3. The first-order valence-corrected chi connectivity index (χ1v) is 13.2. The molecule has 2 N–H and O–H groups in total. The predicted molar refractivity (Wildman–Crippen MR) is 130 cm³/mol. The Hall–Kier alpha value is -2.64. The third kappa shape index (κ3) is 7.93. The monoisotopic (exact) mass is 564 g/mol. The number of alkyl halides is 1. The van der Waals surface area contributed by atoms with Crippen molar-refractivity contribution in [2.75, 3.05) is 13.6 Å². The minimum atomic E-state index is -4.33. The highest BCUT2D eigenvalue weighted by atomic mass is 31.2. The molecule has 1 saturated heterocycles. The first-order valence-electron chi connectivity index (χ1n) is 11.5. The third-order valence-corrected chi connectivity index (χ3v) is 6.76. The maximum absolute atomic E-state index is 15.4. The molecule has 1 aliphatic rings. The zero-order chi connectivity index (χ0) is 29.1. The molecular weight excluding hydrogens is 530 g/mol. The van der Waals surface area contributed by atoms with Gasteiger partial charge in [-0.2, -0.15) is 0 Å². The normalized spacial score (nSPS) is 24.5. The number of rotatable bonds is 9. The molecule has 4 atom stereocenters. The van der Waals surface area contributed by atoms with E-state index in [1.165, 1.54) is 0 Å². The second-order valence-corrected chi connectivity index (χ2v) is 12.7. The van der Waals surface area contributed by atoms with Crippen LogP contribution in [0.4, 0.5) is 4.39 Å². The lowest BCUT2D eigenvalue weighted by Gasteiger charge is -2.24. The van der Waals surface area contributed by atoms with Crippen LogP contribution in [0.3, 0.4) is 0 Å². The maximum Gasteiger partial charge on any atom is 0.359 e. The quantitative estimate of drug-likeness (QED) is 0.256. The number of aliphatic hydroxyl groups excluding tert-OH is 1. The average Bonchev–Trinajstić information content (AvgIpc) is 3.00. The minimum Gasteiger partial charge on any atom is -0.438 e. The largest absolute Gasteiger partial charge is 0.438 e. The van der Waals surface area contributed by atoms with Gasteiger partial charge >= 0.3 is 25.2 Å². The van der Waals surface area contributed by atoms with Gasteiger partial charge in [0.1, 0.15) is 12.2 Å². The maximum atomic E-state index is 15.4. The highest BCUT2D eigenvalue weighted by Crippen LogP contribution is 2.51. The second kappa shape index (κ2) is 11.6. The van der Waals surface area contributed by atoms with E-state index >= 15 is 4.39 Å². The first-order chi connectivity index (χ1) is 17.3. The van der Waals surface area contributed by atoms with Crippen LogP contribution in [0.25, 0.3) is 0 Å². The van der Waals surface area contributed by atoms with E-state index in [4.69, 9.17) is 23.3 Å². The van der Waals surface area contributed by atoms with E-state index in [2.05, 4.69) is 0 Å². The number of aromatic nitrogens is 2. The number of aliphatic hydroxyl groups is 1. The van der Waals surface area contributed by atoms with Gasteiger partial charge in [0.15, 0.2) is 11.9 Å². The van der Waals surface area contributed by atoms with Crippen molar-refractivity contribution >= 4 is 19.5 Å². The second-order valence-electron chi connectivity index (χ2n) is 10.8. The van der Waals surface area contributed by atoms with E-state index in [0.29, 0.717) is 0 Å². The lowest BCUT2D eigenvalue weighted by molar-refractivity contribution is -0.161. The Morgan fingerprint density at radius 3 is 2.08 bits per heavy atom. The molecule has 0 aromatic carbocycles. The van der Waals surface area contributed by atoms with Crippen molar-refractivity contribution in [3.8, 4) is 0 Å². The average molecular weight is 565 g/mol. The molecule has 2 rings (SSSR count). The lowest BCUT2D eigenvalue weighted by atomic mass is 9.98. The molecule has 38 heavy (non-hydrogen) atoms. The van der Waals surface area contributed by atoms with Gasteiger partial charge in [-0.05, 0) is 54.5 Å². The van der Waals surface area contributed by atoms with Gasteiger partial charge in [0.2, 0.25) is 13.6 Å². The van der Waals surface area contributed by atoms with Crippen LogP contribution in [0, 0.1) is 10.8 Å². The van der Waals surface area contributed by atoms with Gasteiger partial charge in [-0.25, -0.2) is 9.18 Å². The number of aromatic amines is 1. The fourth-order valence-corrected chi connectivity index (χ4v) is 4.00. The van der Waals surface area contributed by atoms with Crippen molar-refractivity contribution in [2.24, 2.45) is 10.8 Å². The van der Waals surface area contributed by atoms with Crippen molar-refractivity contribution < 1.29 is 46.9 Å². The van der Waals surface area contributed by atoms with E-state index < -0.39 is 79.3 Å². The summed E-state index contributed by atoms with van der Waals surface area (Å²) in [5.74, 6) is -0.501. The topological polar surface area (TPSA) is 172 Å². The molecule has 0 saturated carbocycles. The molecule has 0 spiro atoms. The fourth-order valence-electron chi connectivity index (χ4n) is 2.98. The Balaban J connectivity index is 2.24. The van der Waals surface area contributed by atoms with Gasteiger partial charge in [-0.15, -0.1) is 0 Å². The molecule has 1 unspecified atom stereocenters. The molecule has 1 aromatic rings. The summed E-state index contributed by atoms with van der Waals surface area (Å²) in [6.45, 7) is 8.94. The molecule has 15 heteroatoms. The SMILES string of the molecule is CC(C)(C)C(=O)OCOP(=O)(/C=C/[C@H]1O[C@@H](n2ccc(=O)[nH]c2=O)C(C)(F)[C@H]1O)OCOC(=O)C(C)(C)C. The Morgan fingerprint density at radius 1 is 1.13 bits per heavy atom. The van der Waals surface area contributed by atoms with E-state index in [1.807, 2.05) is 4.98 Å². The van der Waals surface area contributed by atoms with Crippen molar-refractivity contribution in [1.82, 2.24) is 9.55 Å². The number of hydrogen-bond donors (Lipinski definition) is 2. The van der Waals surface area contributed by atoms with Gasteiger partial charge in [-0.1, -0.05) is 0 Å². The number of halogens is 1. The molecular formula is C23H34FN2O11P.